The van der Waals surface area contributed by atoms with Crippen molar-refractivity contribution in [2.45, 2.75) is 51.8 Å². The summed E-state index contributed by atoms with van der Waals surface area (Å²) in [5.41, 5.74) is 6.00. The third-order valence-electron chi connectivity index (χ3n) is 3.61. The van der Waals surface area contributed by atoms with Gasteiger partial charge in [-0.25, -0.2) is 0 Å². The van der Waals surface area contributed by atoms with E-state index in [4.69, 9.17) is 14.2 Å². The molecule has 0 fully saturated rings. The first-order valence-corrected chi connectivity index (χ1v) is 12.1. The van der Waals surface area contributed by atoms with Crippen LogP contribution in [-0.4, -0.2) is 38.6 Å². The molecule has 0 amide bonds. The smallest absolute Gasteiger partial charge is 0.170 e. The van der Waals surface area contributed by atoms with E-state index in [1.54, 1.807) is 21.0 Å². The van der Waals surface area contributed by atoms with Crippen molar-refractivity contribution < 1.29 is 19.3 Å². The Labute approximate surface area is 158 Å². The number of aliphatic hydroxyl groups excluding tert-OH is 1. The van der Waals surface area contributed by atoms with Gasteiger partial charge in [-0.2, -0.15) is 0 Å². The Kier molecular flexibility index (Phi) is 8.20. The molecule has 1 unspecified atom stereocenters. The minimum atomic E-state index is -1.43. The van der Waals surface area contributed by atoms with E-state index >= 15 is 0 Å². The summed E-state index contributed by atoms with van der Waals surface area (Å²) in [5.74, 6) is 4.08. The van der Waals surface area contributed by atoms with E-state index in [9.17, 15) is 5.11 Å². The molecule has 0 spiro atoms. The molecule has 0 radical (unpaired) electrons. The molecule has 142 valence electrons. The Morgan fingerprint density at radius 3 is 2.35 bits per heavy atom. The van der Waals surface area contributed by atoms with Gasteiger partial charge in [-0.15, -0.1) is 5.54 Å². The molecular formula is C21H30O4Si. The molecule has 26 heavy (non-hydrogen) atoms. The first kappa shape index (κ1) is 22.1. The third kappa shape index (κ3) is 7.51. The average Bonchev–Trinajstić information content (AvgIpc) is 2.59. The van der Waals surface area contributed by atoms with Gasteiger partial charge in [0.1, 0.15) is 33.1 Å². The summed E-state index contributed by atoms with van der Waals surface area (Å²) in [7, 11) is 0.190. The van der Waals surface area contributed by atoms with Crippen molar-refractivity contribution in [3.05, 3.63) is 47.9 Å². The molecule has 0 saturated heterocycles. The van der Waals surface area contributed by atoms with E-state index in [0.717, 1.165) is 11.3 Å². The SMILES string of the molecule is C=C=C(OCc1ccc(OC)cc1)C(O)C(C)(C)OCC#C[Si](C)(C)C. The molecule has 1 rings (SSSR count). The van der Waals surface area contributed by atoms with Crippen LogP contribution in [0.25, 0.3) is 0 Å². The van der Waals surface area contributed by atoms with Crippen molar-refractivity contribution in [3.63, 3.8) is 0 Å². The Bertz CT molecular complexity index is 683. The van der Waals surface area contributed by atoms with Crippen molar-refractivity contribution in [1.29, 1.82) is 0 Å². The molecule has 0 aliphatic carbocycles. The normalized spacial score (nSPS) is 12.4. The fourth-order valence-electron chi connectivity index (χ4n) is 2.03. The molecule has 0 aliphatic rings. The maximum atomic E-state index is 10.6. The van der Waals surface area contributed by atoms with E-state index < -0.39 is 19.8 Å². The molecule has 0 saturated carbocycles. The van der Waals surface area contributed by atoms with Gasteiger partial charge in [-0.1, -0.05) is 50.0 Å². The van der Waals surface area contributed by atoms with E-state index in [1.807, 2.05) is 24.3 Å². The number of ether oxygens (including phenoxy) is 3. The minimum absolute atomic E-state index is 0.254. The number of benzene rings is 1. The van der Waals surface area contributed by atoms with Crippen LogP contribution in [-0.2, 0) is 16.1 Å². The Morgan fingerprint density at radius 1 is 1.23 bits per heavy atom. The summed E-state index contributed by atoms with van der Waals surface area (Å²) in [6, 6.07) is 7.52. The predicted octanol–water partition coefficient (Wildman–Crippen LogP) is 3.92. The van der Waals surface area contributed by atoms with E-state index in [1.165, 1.54) is 0 Å². The molecule has 4 nitrogen and oxygen atoms in total. The van der Waals surface area contributed by atoms with Crippen molar-refractivity contribution in [2.24, 2.45) is 0 Å². The van der Waals surface area contributed by atoms with Gasteiger partial charge in [-0.3, -0.25) is 0 Å². The number of rotatable bonds is 8. The average molecular weight is 375 g/mol. The Balaban J connectivity index is 2.66. The van der Waals surface area contributed by atoms with Gasteiger partial charge in [0.25, 0.3) is 0 Å². The molecule has 1 aromatic carbocycles. The van der Waals surface area contributed by atoms with Crippen LogP contribution in [0.15, 0.2) is 42.3 Å². The van der Waals surface area contributed by atoms with E-state index in [-0.39, 0.29) is 12.4 Å². The monoisotopic (exact) mass is 374 g/mol. The van der Waals surface area contributed by atoms with E-state index in [0.29, 0.717) is 6.61 Å². The van der Waals surface area contributed by atoms with Crippen LogP contribution in [0.3, 0.4) is 0 Å². The number of methoxy groups -OCH3 is 1. The summed E-state index contributed by atoms with van der Waals surface area (Å²) in [6.45, 7) is 14.3. The van der Waals surface area contributed by atoms with Gasteiger partial charge in [0.15, 0.2) is 5.76 Å². The van der Waals surface area contributed by atoms with Gasteiger partial charge in [0.05, 0.1) is 12.7 Å². The van der Waals surface area contributed by atoms with Gasteiger partial charge in [-0.05, 0) is 31.5 Å². The molecule has 0 heterocycles. The Hall–Kier alpha value is -1.96. The molecular weight excluding hydrogens is 344 g/mol. The Morgan fingerprint density at radius 2 is 1.85 bits per heavy atom. The summed E-state index contributed by atoms with van der Waals surface area (Å²) in [5, 5.41) is 10.6. The molecule has 1 aromatic rings. The largest absolute Gasteiger partial charge is 0.497 e. The van der Waals surface area contributed by atoms with E-state index in [2.05, 4.69) is 43.4 Å². The van der Waals surface area contributed by atoms with Crippen LogP contribution in [0.1, 0.15) is 19.4 Å². The zero-order valence-corrected chi connectivity index (χ0v) is 17.7. The van der Waals surface area contributed by atoms with Gasteiger partial charge in [0, 0.05) is 0 Å². The highest BCUT2D eigenvalue weighted by Gasteiger charge is 2.33. The predicted molar refractivity (Wildman–Crippen MR) is 108 cm³/mol. The maximum Gasteiger partial charge on any atom is 0.170 e. The number of hydrogen-bond donors (Lipinski definition) is 1. The molecule has 0 bridgehead atoms. The van der Waals surface area contributed by atoms with Crippen LogP contribution in [0.5, 0.6) is 5.75 Å². The molecule has 5 heteroatoms. The minimum Gasteiger partial charge on any atom is -0.497 e. The second kappa shape index (κ2) is 9.66. The van der Waals surface area contributed by atoms with Crippen LogP contribution < -0.4 is 4.74 Å². The first-order valence-electron chi connectivity index (χ1n) is 8.57. The lowest BCUT2D eigenvalue weighted by Crippen LogP contribution is -2.41. The maximum absolute atomic E-state index is 10.6. The summed E-state index contributed by atoms with van der Waals surface area (Å²) in [6.07, 6.45) is -0.994. The molecule has 1 atom stereocenters. The topological polar surface area (TPSA) is 47.9 Å². The summed E-state index contributed by atoms with van der Waals surface area (Å²) >= 11 is 0. The zero-order valence-electron chi connectivity index (χ0n) is 16.7. The lowest BCUT2D eigenvalue weighted by atomic mass is 10.00. The fraction of sp³-hybridized carbons (Fsp3) is 0.476. The molecule has 0 aromatic heterocycles. The fourth-order valence-corrected chi connectivity index (χ4v) is 2.63. The van der Waals surface area contributed by atoms with Crippen LogP contribution >= 0.6 is 0 Å². The lowest BCUT2D eigenvalue weighted by Gasteiger charge is -2.30. The first-order chi connectivity index (χ1) is 12.1. The van der Waals surface area contributed by atoms with Crippen LogP contribution in [0.4, 0.5) is 0 Å². The van der Waals surface area contributed by atoms with Crippen molar-refractivity contribution in [2.75, 3.05) is 13.7 Å². The standard InChI is InChI=1S/C21H30O4Si/c1-8-19(24-16-17-10-12-18(23-4)13-11-17)20(22)21(2,3)25-14-9-15-26(5,6)7/h10-13,20,22H,1,14,16H2,2-7H3. The number of aliphatic hydroxyl groups is 1. The highest BCUT2D eigenvalue weighted by molar-refractivity contribution is 6.83. The molecule has 1 N–H and O–H groups in total. The van der Waals surface area contributed by atoms with Crippen molar-refractivity contribution in [1.82, 2.24) is 0 Å². The summed E-state index contributed by atoms with van der Waals surface area (Å²) < 4.78 is 16.6. The summed E-state index contributed by atoms with van der Waals surface area (Å²) in [4.78, 5) is 0. The second-order valence-corrected chi connectivity index (χ2v) is 12.3. The molecule has 0 aliphatic heterocycles. The highest BCUT2D eigenvalue weighted by Crippen LogP contribution is 2.22. The van der Waals surface area contributed by atoms with Crippen molar-refractivity contribution >= 4 is 8.07 Å². The van der Waals surface area contributed by atoms with Gasteiger partial charge < -0.3 is 19.3 Å². The quantitative estimate of drug-likeness (QED) is 0.324. The zero-order chi connectivity index (χ0) is 19.8. The highest BCUT2D eigenvalue weighted by atomic mass is 28.3. The van der Waals surface area contributed by atoms with Gasteiger partial charge in [0.2, 0.25) is 0 Å². The third-order valence-corrected chi connectivity index (χ3v) is 4.54. The van der Waals surface area contributed by atoms with Gasteiger partial charge >= 0.3 is 0 Å². The van der Waals surface area contributed by atoms with Crippen LogP contribution in [0, 0.1) is 11.5 Å². The van der Waals surface area contributed by atoms with Crippen LogP contribution in [0.2, 0.25) is 19.6 Å². The number of hydrogen-bond acceptors (Lipinski definition) is 4. The second-order valence-electron chi connectivity index (χ2n) is 7.52. The van der Waals surface area contributed by atoms with Crippen molar-refractivity contribution in [3.8, 4) is 17.2 Å². The lowest BCUT2D eigenvalue weighted by molar-refractivity contribution is -0.0928.